The predicted octanol–water partition coefficient (Wildman–Crippen LogP) is 4.77. The van der Waals surface area contributed by atoms with Crippen molar-refractivity contribution in [2.45, 2.75) is 51.7 Å². The number of benzene rings is 2. The molecule has 3 amide bonds. The van der Waals surface area contributed by atoms with Crippen molar-refractivity contribution in [1.82, 2.24) is 15.1 Å². The van der Waals surface area contributed by atoms with Crippen molar-refractivity contribution < 1.29 is 31.9 Å². The Balaban J connectivity index is 1.49. The number of alkyl halides is 3. The third-order valence-corrected chi connectivity index (χ3v) is 8.03. The lowest BCUT2D eigenvalue weighted by molar-refractivity contribution is -0.138. The first-order chi connectivity index (χ1) is 18.2. The molecule has 10 heteroatoms. The summed E-state index contributed by atoms with van der Waals surface area (Å²) in [7, 11) is 1.78. The Morgan fingerprint density at radius 3 is 2.23 bits per heavy atom. The van der Waals surface area contributed by atoms with Crippen LogP contribution >= 0.6 is 0 Å². The number of rotatable bonds is 5. The number of nitrogens with zero attached hydrogens (tertiary/aromatic N) is 2. The van der Waals surface area contributed by atoms with Gasteiger partial charge in [0, 0.05) is 32.1 Å². The highest BCUT2D eigenvalue weighted by molar-refractivity contribution is 5.98. The number of carbonyl (C=O) groups is 3. The Labute approximate surface area is 225 Å². The van der Waals surface area contributed by atoms with Gasteiger partial charge in [0.1, 0.15) is 11.9 Å². The largest absolute Gasteiger partial charge is 0.416 e. The first-order valence-electron chi connectivity index (χ1n) is 13.0. The van der Waals surface area contributed by atoms with Gasteiger partial charge in [-0.25, -0.2) is 4.39 Å². The Kier molecular flexibility index (Phi) is 7.78. The van der Waals surface area contributed by atoms with Crippen LogP contribution in [0.3, 0.4) is 0 Å². The molecule has 2 aliphatic rings. The monoisotopic (exact) mass is 547 g/mol. The van der Waals surface area contributed by atoms with Crippen LogP contribution < -0.4 is 5.32 Å². The molecule has 2 saturated heterocycles. The molecule has 2 atom stereocenters. The van der Waals surface area contributed by atoms with Crippen molar-refractivity contribution in [2.24, 2.45) is 11.3 Å². The van der Waals surface area contributed by atoms with E-state index < -0.39 is 41.0 Å². The van der Waals surface area contributed by atoms with E-state index in [1.807, 2.05) is 31.2 Å². The van der Waals surface area contributed by atoms with E-state index in [-0.39, 0.29) is 23.1 Å². The van der Waals surface area contributed by atoms with Gasteiger partial charge >= 0.3 is 6.18 Å². The van der Waals surface area contributed by atoms with Crippen LogP contribution in [0.25, 0.3) is 0 Å². The molecule has 2 aromatic rings. The van der Waals surface area contributed by atoms with Crippen LogP contribution in [0.15, 0.2) is 42.5 Å². The zero-order chi connectivity index (χ0) is 28.7. The van der Waals surface area contributed by atoms with E-state index in [0.29, 0.717) is 50.7 Å². The Hall–Kier alpha value is -3.43. The Morgan fingerprint density at radius 1 is 1.05 bits per heavy atom. The number of carbonyl (C=O) groups excluding carboxylic acids is 3. The summed E-state index contributed by atoms with van der Waals surface area (Å²) in [5.74, 6) is -3.23. The van der Waals surface area contributed by atoms with Crippen molar-refractivity contribution in [3.05, 3.63) is 70.5 Å². The zero-order valence-corrected chi connectivity index (χ0v) is 22.4. The molecule has 1 spiro atoms. The summed E-state index contributed by atoms with van der Waals surface area (Å²) >= 11 is 0. The highest BCUT2D eigenvalue weighted by Gasteiger charge is 2.53. The maximum Gasteiger partial charge on any atom is 0.416 e. The number of hydrogen-bond acceptors (Lipinski definition) is 3. The van der Waals surface area contributed by atoms with Gasteiger partial charge in [-0.05, 0) is 49.4 Å². The molecule has 2 fully saturated rings. The summed E-state index contributed by atoms with van der Waals surface area (Å²) in [5, 5.41) is 2.46. The SMILES string of the molecule is Cc1ccc(C2C(=O)N(C)CC23CCN(C(=O)[C@H](NC(=O)c2cc(C(F)(F)F)ccc2F)C(C)C)CC3)cc1. The van der Waals surface area contributed by atoms with Crippen molar-refractivity contribution in [3.63, 3.8) is 0 Å². The van der Waals surface area contributed by atoms with Gasteiger partial charge in [0.2, 0.25) is 11.8 Å². The second-order valence-electron chi connectivity index (χ2n) is 11.1. The standard InChI is InChI=1S/C29H33F4N3O3/c1-17(2)24(34-25(37)21-15-20(29(31,32)33)9-10-22(21)30)27(39)36-13-11-28(12-14-36)16-35(4)26(38)23(28)19-7-5-18(3)6-8-19/h5-10,15,17,23-24H,11-14,16H2,1-4H3,(H,34,37)/t23?,24-/m1/s1. The van der Waals surface area contributed by atoms with E-state index in [2.05, 4.69) is 5.32 Å². The number of likely N-dealkylation sites (N-methyl/N-ethyl adjacent to an activating group) is 1. The van der Waals surface area contributed by atoms with Gasteiger partial charge in [0.15, 0.2) is 0 Å². The van der Waals surface area contributed by atoms with Crippen LogP contribution in [0.4, 0.5) is 17.6 Å². The summed E-state index contributed by atoms with van der Waals surface area (Å²) in [6.07, 6.45) is -3.59. The van der Waals surface area contributed by atoms with Crippen LogP contribution in [0.1, 0.15) is 59.7 Å². The first kappa shape index (κ1) is 28.6. The van der Waals surface area contributed by atoms with Gasteiger partial charge in [-0.15, -0.1) is 0 Å². The zero-order valence-electron chi connectivity index (χ0n) is 22.4. The normalized spacial score (nSPS) is 20.0. The highest BCUT2D eigenvalue weighted by atomic mass is 19.4. The average molecular weight is 548 g/mol. The van der Waals surface area contributed by atoms with Gasteiger partial charge in [-0.1, -0.05) is 43.7 Å². The minimum atomic E-state index is -4.74. The minimum absolute atomic E-state index is 0.0501. The van der Waals surface area contributed by atoms with Gasteiger partial charge in [0.05, 0.1) is 17.0 Å². The van der Waals surface area contributed by atoms with Crippen LogP contribution in [0.2, 0.25) is 0 Å². The summed E-state index contributed by atoms with van der Waals surface area (Å²) < 4.78 is 53.6. The Bertz CT molecular complexity index is 1250. The molecular formula is C29H33F4N3O3. The fourth-order valence-corrected chi connectivity index (χ4v) is 5.80. The molecular weight excluding hydrogens is 514 g/mol. The number of piperidine rings is 1. The van der Waals surface area contributed by atoms with Crippen LogP contribution in [0, 0.1) is 24.1 Å². The lowest BCUT2D eigenvalue weighted by atomic mass is 9.68. The Morgan fingerprint density at radius 2 is 1.67 bits per heavy atom. The molecule has 2 aromatic carbocycles. The highest BCUT2D eigenvalue weighted by Crippen LogP contribution is 2.50. The maximum absolute atomic E-state index is 14.3. The molecule has 0 radical (unpaired) electrons. The van der Waals surface area contributed by atoms with E-state index >= 15 is 0 Å². The smallest absolute Gasteiger partial charge is 0.345 e. The van der Waals surface area contributed by atoms with Gasteiger partial charge < -0.3 is 15.1 Å². The van der Waals surface area contributed by atoms with E-state index in [0.717, 1.165) is 11.1 Å². The minimum Gasteiger partial charge on any atom is -0.345 e. The van der Waals surface area contributed by atoms with Gasteiger partial charge in [0.25, 0.3) is 5.91 Å². The van der Waals surface area contributed by atoms with E-state index in [4.69, 9.17) is 0 Å². The molecule has 210 valence electrons. The lowest BCUT2D eigenvalue weighted by Crippen LogP contribution is -2.54. The molecule has 1 unspecified atom stereocenters. The molecule has 2 aliphatic heterocycles. The molecule has 0 saturated carbocycles. The average Bonchev–Trinajstić information content (AvgIpc) is 3.11. The molecule has 0 bridgehead atoms. The van der Waals surface area contributed by atoms with Gasteiger partial charge in [-0.3, -0.25) is 14.4 Å². The quantitative estimate of drug-likeness (QED) is 0.549. The summed E-state index contributed by atoms with van der Waals surface area (Å²) in [6.45, 7) is 6.69. The van der Waals surface area contributed by atoms with E-state index in [1.165, 1.54) is 0 Å². The van der Waals surface area contributed by atoms with Gasteiger partial charge in [-0.2, -0.15) is 13.2 Å². The van der Waals surface area contributed by atoms with Crippen LogP contribution in [-0.4, -0.2) is 60.2 Å². The number of amides is 3. The van der Waals surface area contributed by atoms with Crippen molar-refractivity contribution >= 4 is 17.7 Å². The molecule has 0 aromatic heterocycles. The summed E-state index contributed by atoms with van der Waals surface area (Å²) in [4.78, 5) is 42.8. The second kappa shape index (κ2) is 10.6. The number of nitrogens with one attached hydrogen (secondary N) is 1. The van der Waals surface area contributed by atoms with Crippen LogP contribution in [-0.2, 0) is 15.8 Å². The third-order valence-electron chi connectivity index (χ3n) is 8.03. The first-order valence-corrected chi connectivity index (χ1v) is 13.0. The summed E-state index contributed by atoms with van der Waals surface area (Å²) in [6, 6.07) is 8.49. The fourth-order valence-electron chi connectivity index (χ4n) is 5.80. The van der Waals surface area contributed by atoms with Crippen LogP contribution in [0.5, 0.6) is 0 Å². The van der Waals surface area contributed by atoms with E-state index in [1.54, 1.807) is 30.7 Å². The molecule has 39 heavy (non-hydrogen) atoms. The number of aryl methyl sites for hydroxylation is 1. The molecule has 4 rings (SSSR count). The third kappa shape index (κ3) is 5.65. The number of hydrogen-bond donors (Lipinski definition) is 1. The second-order valence-corrected chi connectivity index (χ2v) is 11.1. The molecule has 0 aliphatic carbocycles. The molecule has 1 N–H and O–H groups in total. The number of likely N-dealkylation sites (tertiary alicyclic amines) is 2. The van der Waals surface area contributed by atoms with Crippen molar-refractivity contribution in [1.29, 1.82) is 0 Å². The molecule has 2 heterocycles. The molecule has 6 nitrogen and oxygen atoms in total. The van der Waals surface area contributed by atoms with Crippen molar-refractivity contribution in [2.75, 3.05) is 26.7 Å². The topological polar surface area (TPSA) is 69.7 Å². The number of halogens is 4. The summed E-state index contributed by atoms with van der Waals surface area (Å²) in [5.41, 5.74) is -0.212. The predicted molar refractivity (Wildman–Crippen MR) is 137 cm³/mol. The maximum atomic E-state index is 14.3. The lowest BCUT2D eigenvalue weighted by Gasteiger charge is -2.43. The van der Waals surface area contributed by atoms with Crippen molar-refractivity contribution in [3.8, 4) is 0 Å². The fraction of sp³-hybridized carbons (Fsp3) is 0.483. The van der Waals surface area contributed by atoms with E-state index in [9.17, 15) is 31.9 Å².